The molecule has 7 nitrogen and oxygen atoms in total. The fraction of sp³-hybridized carbons (Fsp3) is 0.235. The Labute approximate surface area is 154 Å². The Morgan fingerprint density at radius 2 is 1.96 bits per heavy atom. The summed E-state index contributed by atoms with van der Waals surface area (Å²) in [6.45, 7) is 3.97. The highest BCUT2D eigenvalue weighted by Gasteiger charge is 2.28. The summed E-state index contributed by atoms with van der Waals surface area (Å²) in [5.74, 6) is 1.72. The standard InChI is InChI=1S/C17H16N2O5S2/c1-10-16(14-5-6-18-24-14)17(11(2)25-10)26(20,21)19-8-12-3-4-13-15(7-12)23-9-22-13/h3-7,19H,8-9H2,1-2H3. The number of nitrogens with zero attached hydrogens (tertiary/aromatic N) is 1. The summed E-state index contributed by atoms with van der Waals surface area (Å²) in [4.78, 5) is 1.80. The average Bonchev–Trinajstić information content (AvgIpc) is 3.32. The van der Waals surface area contributed by atoms with Crippen LogP contribution in [-0.2, 0) is 16.6 Å². The number of fused-ring (bicyclic) bond motifs is 1. The van der Waals surface area contributed by atoms with Crippen molar-refractivity contribution in [2.75, 3.05) is 6.79 Å². The van der Waals surface area contributed by atoms with Crippen LogP contribution in [0.3, 0.4) is 0 Å². The molecular weight excluding hydrogens is 376 g/mol. The molecule has 9 heteroatoms. The van der Waals surface area contributed by atoms with Crippen LogP contribution in [0.4, 0.5) is 0 Å². The van der Waals surface area contributed by atoms with Crippen LogP contribution in [0, 0.1) is 13.8 Å². The maximum Gasteiger partial charge on any atom is 0.242 e. The molecule has 0 atom stereocenters. The molecule has 0 spiro atoms. The van der Waals surface area contributed by atoms with Crippen molar-refractivity contribution in [2.45, 2.75) is 25.3 Å². The number of rotatable bonds is 5. The normalized spacial score (nSPS) is 13.3. The lowest BCUT2D eigenvalue weighted by molar-refractivity contribution is 0.174. The highest BCUT2D eigenvalue weighted by molar-refractivity contribution is 7.89. The van der Waals surface area contributed by atoms with E-state index in [9.17, 15) is 8.42 Å². The van der Waals surface area contributed by atoms with Crippen molar-refractivity contribution < 1.29 is 22.4 Å². The highest BCUT2D eigenvalue weighted by Crippen LogP contribution is 2.39. The molecule has 1 aliphatic heterocycles. The number of hydrogen-bond acceptors (Lipinski definition) is 7. The topological polar surface area (TPSA) is 90.7 Å². The van der Waals surface area contributed by atoms with E-state index < -0.39 is 10.0 Å². The van der Waals surface area contributed by atoms with Crippen LogP contribution in [0.25, 0.3) is 11.3 Å². The summed E-state index contributed by atoms with van der Waals surface area (Å²) in [5, 5.41) is 3.69. The van der Waals surface area contributed by atoms with Crippen molar-refractivity contribution in [2.24, 2.45) is 0 Å². The van der Waals surface area contributed by atoms with Gasteiger partial charge in [-0.25, -0.2) is 13.1 Å². The van der Waals surface area contributed by atoms with Crippen LogP contribution in [0.15, 0.2) is 39.9 Å². The van der Waals surface area contributed by atoms with Gasteiger partial charge in [-0.1, -0.05) is 11.2 Å². The van der Waals surface area contributed by atoms with Gasteiger partial charge in [-0.15, -0.1) is 11.3 Å². The highest BCUT2D eigenvalue weighted by atomic mass is 32.2. The van der Waals surface area contributed by atoms with Gasteiger partial charge in [-0.3, -0.25) is 0 Å². The van der Waals surface area contributed by atoms with E-state index in [0.717, 1.165) is 10.4 Å². The Balaban J connectivity index is 1.63. The Bertz CT molecular complexity index is 1060. The van der Waals surface area contributed by atoms with Crippen molar-refractivity contribution in [1.82, 2.24) is 9.88 Å². The van der Waals surface area contributed by atoms with E-state index in [2.05, 4.69) is 9.88 Å². The molecule has 0 unspecified atom stereocenters. The molecule has 1 aliphatic rings. The van der Waals surface area contributed by atoms with Gasteiger partial charge in [-0.05, 0) is 31.5 Å². The van der Waals surface area contributed by atoms with Crippen LogP contribution >= 0.6 is 11.3 Å². The van der Waals surface area contributed by atoms with E-state index in [4.69, 9.17) is 14.0 Å². The predicted molar refractivity (Wildman–Crippen MR) is 95.9 cm³/mol. The molecule has 0 aliphatic carbocycles. The lowest BCUT2D eigenvalue weighted by atomic mass is 10.2. The van der Waals surface area contributed by atoms with Crippen LogP contribution in [0.2, 0.25) is 0 Å². The third-order valence-electron chi connectivity index (χ3n) is 4.06. The van der Waals surface area contributed by atoms with Crippen molar-refractivity contribution in [3.05, 3.63) is 45.8 Å². The molecule has 3 aromatic rings. The quantitative estimate of drug-likeness (QED) is 0.717. The van der Waals surface area contributed by atoms with Crippen molar-refractivity contribution in [1.29, 1.82) is 0 Å². The number of hydrogen-bond donors (Lipinski definition) is 1. The molecule has 0 bridgehead atoms. The van der Waals surface area contributed by atoms with E-state index in [1.54, 1.807) is 31.2 Å². The van der Waals surface area contributed by atoms with Crippen LogP contribution in [0.1, 0.15) is 15.3 Å². The maximum atomic E-state index is 13.0. The molecule has 0 fully saturated rings. The summed E-state index contributed by atoms with van der Waals surface area (Å²) >= 11 is 1.42. The van der Waals surface area contributed by atoms with Gasteiger partial charge in [0.15, 0.2) is 17.3 Å². The van der Waals surface area contributed by atoms with Gasteiger partial charge in [0.25, 0.3) is 0 Å². The first-order valence-electron chi connectivity index (χ1n) is 7.85. The largest absolute Gasteiger partial charge is 0.454 e. The van der Waals surface area contributed by atoms with Gasteiger partial charge in [0.1, 0.15) is 4.90 Å². The van der Waals surface area contributed by atoms with Gasteiger partial charge >= 0.3 is 0 Å². The van der Waals surface area contributed by atoms with Crippen LogP contribution < -0.4 is 14.2 Å². The Morgan fingerprint density at radius 1 is 1.15 bits per heavy atom. The number of aryl methyl sites for hydroxylation is 2. The Hall–Kier alpha value is -2.36. The zero-order valence-electron chi connectivity index (χ0n) is 14.1. The van der Waals surface area contributed by atoms with Crippen molar-refractivity contribution >= 4 is 21.4 Å². The third kappa shape index (κ3) is 2.98. The minimum absolute atomic E-state index is 0.142. The molecule has 2 aromatic heterocycles. The summed E-state index contributed by atoms with van der Waals surface area (Å²) in [5.41, 5.74) is 1.34. The van der Waals surface area contributed by atoms with E-state index in [1.807, 2.05) is 6.92 Å². The third-order valence-corrected chi connectivity index (χ3v) is 6.78. The van der Waals surface area contributed by atoms with Gasteiger partial charge < -0.3 is 14.0 Å². The second-order valence-electron chi connectivity index (χ2n) is 5.81. The van der Waals surface area contributed by atoms with Crippen molar-refractivity contribution in [3.8, 4) is 22.8 Å². The van der Waals surface area contributed by atoms with Crippen molar-refractivity contribution in [3.63, 3.8) is 0 Å². The predicted octanol–water partition coefficient (Wildman–Crippen LogP) is 3.23. The number of nitrogens with one attached hydrogen (secondary N) is 1. The van der Waals surface area contributed by atoms with Gasteiger partial charge in [0, 0.05) is 22.4 Å². The van der Waals surface area contributed by atoms with Gasteiger partial charge in [0.05, 0.1) is 11.8 Å². The van der Waals surface area contributed by atoms with E-state index in [1.165, 1.54) is 17.5 Å². The molecule has 1 aromatic carbocycles. The lowest BCUT2D eigenvalue weighted by Gasteiger charge is -2.09. The Morgan fingerprint density at radius 3 is 2.73 bits per heavy atom. The van der Waals surface area contributed by atoms with Crippen LogP contribution in [0.5, 0.6) is 11.5 Å². The first kappa shape index (κ1) is 17.1. The van der Waals surface area contributed by atoms with Crippen LogP contribution in [-0.4, -0.2) is 20.4 Å². The molecule has 0 saturated carbocycles. The summed E-state index contributed by atoms with van der Waals surface area (Å²) in [7, 11) is -3.74. The van der Waals surface area contributed by atoms with E-state index >= 15 is 0 Å². The zero-order valence-corrected chi connectivity index (χ0v) is 15.7. The first-order valence-corrected chi connectivity index (χ1v) is 10.1. The fourth-order valence-electron chi connectivity index (χ4n) is 2.92. The Kier molecular flexibility index (Phi) is 4.22. The zero-order chi connectivity index (χ0) is 18.3. The molecule has 4 rings (SSSR count). The SMILES string of the molecule is Cc1sc(C)c(S(=O)(=O)NCc2ccc3c(c2)OCO3)c1-c1ccno1. The number of aromatic nitrogens is 1. The molecule has 136 valence electrons. The molecule has 1 N–H and O–H groups in total. The smallest absolute Gasteiger partial charge is 0.242 e. The molecule has 26 heavy (non-hydrogen) atoms. The monoisotopic (exact) mass is 392 g/mol. The molecule has 0 radical (unpaired) electrons. The molecule has 3 heterocycles. The van der Waals surface area contributed by atoms with Gasteiger partial charge in [-0.2, -0.15) is 0 Å². The van der Waals surface area contributed by atoms with Gasteiger partial charge in [0.2, 0.25) is 16.8 Å². The number of benzene rings is 1. The summed E-state index contributed by atoms with van der Waals surface area (Å²) in [6, 6.07) is 7.00. The number of sulfonamides is 1. The second kappa shape index (κ2) is 6.42. The number of ether oxygens (including phenoxy) is 2. The minimum atomic E-state index is -3.74. The van der Waals surface area contributed by atoms with E-state index in [0.29, 0.717) is 27.7 Å². The minimum Gasteiger partial charge on any atom is -0.454 e. The maximum absolute atomic E-state index is 13.0. The number of thiophene rings is 1. The summed E-state index contributed by atoms with van der Waals surface area (Å²) in [6.07, 6.45) is 1.50. The fourth-order valence-corrected chi connectivity index (χ4v) is 5.80. The molecule has 0 saturated heterocycles. The second-order valence-corrected chi connectivity index (χ2v) is 8.94. The lowest BCUT2D eigenvalue weighted by Crippen LogP contribution is -2.24. The van der Waals surface area contributed by atoms with E-state index in [-0.39, 0.29) is 18.2 Å². The first-order chi connectivity index (χ1) is 12.5. The average molecular weight is 392 g/mol. The molecule has 0 amide bonds. The molecular formula is C17H16N2O5S2. The summed E-state index contributed by atoms with van der Waals surface area (Å²) < 4.78 is 44.4.